The molecular formula is C19H31IN4O3. The normalized spacial score (nSPS) is 17.2. The predicted octanol–water partition coefficient (Wildman–Crippen LogP) is 1.99. The molecule has 0 aromatic heterocycles. The lowest BCUT2D eigenvalue weighted by atomic mass is 9.95. The molecule has 152 valence electrons. The van der Waals surface area contributed by atoms with E-state index in [1.807, 2.05) is 24.3 Å². The Bertz CT molecular complexity index is 612. The zero-order valence-electron chi connectivity index (χ0n) is 16.1. The Morgan fingerprint density at radius 1 is 1.44 bits per heavy atom. The Kier molecular flexibility index (Phi) is 11.1. The fraction of sp³-hybridized carbons (Fsp3) is 0.579. The molecule has 1 aromatic rings. The van der Waals surface area contributed by atoms with Crippen LogP contribution < -0.4 is 15.8 Å². The van der Waals surface area contributed by atoms with E-state index in [0.29, 0.717) is 32.1 Å². The van der Waals surface area contributed by atoms with Gasteiger partial charge in [-0.25, -0.2) is 0 Å². The van der Waals surface area contributed by atoms with E-state index in [1.165, 1.54) is 0 Å². The van der Waals surface area contributed by atoms with Gasteiger partial charge < -0.3 is 25.4 Å². The van der Waals surface area contributed by atoms with Crippen LogP contribution in [0.15, 0.2) is 29.3 Å². The Morgan fingerprint density at radius 2 is 2.26 bits per heavy atom. The highest BCUT2D eigenvalue weighted by molar-refractivity contribution is 14.0. The summed E-state index contributed by atoms with van der Waals surface area (Å²) in [6.45, 7) is 3.55. The smallest absolute Gasteiger partial charge is 0.217 e. The number of carbonyl (C=O) groups is 1. The Hall–Kier alpha value is -1.55. The van der Waals surface area contributed by atoms with Crippen LogP contribution in [0.3, 0.4) is 0 Å². The van der Waals surface area contributed by atoms with E-state index in [1.54, 1.807) is 14.2 Å². The van der Waals surface area contributed by atoms with Crippen molar-refractivity contribution in [2.24, 2.45) is 16.6 Å². The Morgan fingerprint density at radius 3 is 2.96 bits per heavy atom. The zero-order chi connectivity index (χ0) is 18.8. The van der Waals surface area contributed by atoms with Gasteiger partial charge in [0.25, 0.3) is 0 Å². The Labute approximate surface area is 178 Å². The number of piperidine rings is 1. The molecular weight excluding hydrogens is 459 g/mol. The van der Waals surface area contributed by atoms with Gasteiger partial charge in [-0.3, -0.25) is 9.79 Å². The minimum atomic E-state index is -0.231. The van der Waals surface area contributed by atoms with Crippen molar-refractivity contribution >= 4 is 35.8 Å². The average Bonchev–Trinajstić information content (AvgIpc) is 2.64. The number of benzene rings is 1. The summed E-state index contributed by atoms with van der Waals surface area (Å²) in [5.41, 5.74) is 6.41. The van der Waals surface area contributed by atoms with E-state index in [4.69, 9.17) is 15.2 Å². The van der Waals surface area contributed by atoms with Crippen molar-refractivity contribution in [2.75, 3.05) is 40.4 Å². The van der Waals surface area contributed by atoms with Crippen LogP contribution >= 0.6 is 24.0 Å². The maximum atomic E-state index is 11.1. The number of ether oxygens (including phenoxy) is 2. The van der Waals surface area contributed by atoms with E-state index in [-0.39, 0.29) is 29.9 Å². The molecule has 1 aliphatic rings. The van der Waals surface area contributed by atoms with Crippen molar-refractivity contribution in [2.45, 2.75) is 25.9 Å². The van der Waals surface area contributed by atoms with Crippen LogP contribution in [0.1, 0.15) is 24.8 Å². The quantitative estimate of drug-likeness (QED) is 0.252. The topological polar surface area (TPSA) is 89.2 Å². The van der Waals surface area contributed by atoms with Crippen LogP contribution in [0.2, 0.25) is 0 Å². The summed E-state index contributed by atoms with van der Waals surface area (Å²) in [7, 11) is 3.43. The monoisotopic (exact) mass is 490 g/mol. The third kappa shape index (κ3) is 8.34. The first kappa shape index (κ1) is 23.5. The third-order valence-corrected chi connectivity index (χ3v) is 4.45. The lowest BCUT2D eigenvalue weighted by Crippen LogP contribution is -2.47. The number of carbonyl (C=O) groups excluding carboxylic acids is 1. The van der Waals surface area contributed by atoms with Crippen LogP contribution in [0.4, 0.5) is 0 Å². The lowest BCUT2D eigenvalue weighted by molar-refractivity contribution is -0.119. The average molecular weight is 490 g/mol. The number of hydrogen-bond acceptors (Lipinski definition) is 4. The summed E-state index contributed by atoms with van der Waals surface area (Å²) in [4.78, 5) is 17.7. The molecule has 1 unspecified atom stereocenters. The third-order valence-electron chi connectivity index (χ3n) is 4.45. The molecule has 1 aliphatic heterocycles. The van der Waals surface area contributed by atoms with Gasteiger partial charge in [0, 0.05) is 33.1 Å². The summed E-state index contributed by atoms with van der Waals surface area (Å²) in [5, 5.41) is 3.33. The van der Waals surface area contributed by atoms with E-state index >= 15 is 0 Å². The summed E-state index contributed by atoms with van der Waals surface area (Å²) >= 11 is 0. The van der Waals surface area contributed by atoms with E-state index in [0.717, 1.165) is 43.2 Å². The summed E-state index contributed by atoms with van der Waals surface area (Å²) in [5.74, 6) is 1.76. The van der Waals surface area contributed by atoms with Crippen molar-refractivity contribution in [3.05, 3.63) is 29.8 Å². The number of halogens is 1. The minimum absolute atomic E-state index is 0. The van der Waals surface area contributed by atoms with Crippen LogP contribution in [-0.4, -0.2) is 57.2 Å². The molecule has 1 fully saturated rings. The number of methoxy groups -OCH3 is 1. The first-order chi connectivity index (χ1) is 12.6. The lowest BCUT2D eigenvalue weighted by Gasteiger charge is -2.34. The van der Waals surface area contributed by atoms with Crippen LogP contribution in [0.25, 0.3) is 0 Å². The number of nitrogens with zero attached hydrogens (tertiary/aromatic N) is 2. The number of guanidine groups is 1. The van der Waals surface area contributed by atoms with Gasteiger partial charge in [0.05, 0.1) is 20.3 Å². The van der Waals surface area contributed by atoms with Gasteiger partial charge in [0.2, 0.25) is 5.91 Å². The van der Waals surface area contributed by atoms with Gasteiger partial charge >= 0.3 is 0 Å². The maximum absolute atomic E-state index is 11.1. The number of rotatable bonds is 8. The standard InChI is InChI=1S/C19H30N4O3.HI/c1-21-19(23-9-4-6-15(13-23)12-18(20)24)22-8-10-26-14-16-5-3-7-17(11-16)25-2;/h3,5,7,11,15H,4,6,8-10,12-14H2,1-2H3,(H2,20,24)(H,21,22);1H. The minimum Gasteiger partial charge on any atom is -0.497 e. The fourth-order valence-corrected chi connectivity index (χ4v) is 3.23. The number of hydrogen-bond donors (Lipinski definition) is 2. The summed E-state index contributed by atoms with van der Waals surface area (Å²) in [6.07, 6.45) is 2.53. The van der Waals surface area contributed by atoms with Crippen LogP contribution in [-0.2, 0) is 16.1 Å². The van der Waals surface area contributed by atoms with Gasteiger partial charge in [-0.05, 0) is 36.5 Å². The highest BCUT2D eigenvalue weighted by Crippen LogP contribution is 2.19. The van der Waals surface area contributed by atoms with Crippen LogP contribution in [0, 0.1) is 5.92 Å². The van der Waals surface area contributed by atoms with Crippen molar-refractivity contribution in [1.29, 1.82) is 0 Å². The number of nitrogens with two attached hydrogens (primary N) is 1. The van der Waals surface area contributed by atoms with E-state index in [2.05, 4.69) is 15.2 Å². The molecule has 2 rings (SSSR count). The second-order valence-corrected chi connectivity index (χ2v) is 6.50. The fourth-order valence-electron chi connectivity index (χ4n) is 3.23. The second kappa shape index (κ2) is 12.8. The molecule has 1 saturated heterocycles. The molecule has 0 radical (unpaired) electrons. The molecule has 0 saturated carbocycles. The predicted molar refractivity (Wildman–Crippen MR) is 118 cm³/mol. The number of likely N-dealkylation sites (tertiary alicyclic amines) is 1. The molecule has 7 nitrogen and oxygen atoms in total. The number of nitrogens with one attached hydrogen (secondary N) is 1. The largest absolute Gasteiger partial charge is 0.497 e. The molecule has 1 atom stereocenters. The van der Waals surface area contributed by atoms with Crippen molar-refractivity contribution in [3.63, 3.8) is 0 Å². The highest BCUT2D eigenvalue weighted by Gasteiger charge is 2.23. The number of primary amides is 1. The summed E-state index contributed by atoms with van der Waals surface area (Å²) in [6, 6.07) is 7.86. The van der Waals surface area contributed by atoms with Gasteiger partial charge in [-0.15, -0.1) is 24.0 Å². The first-order valence-electron chi connectivity index (χ1n) is 9.07. The molecule has 3 N–H and O–H groups in total. The van der Waals surface area contributed by atoms with Crippen molar-refractivity contribution in [1.82, 2.24) is 10.2 Å². The maximum Gasteiger partial charge on any atom is 0.217 e. The summed E-state index contributed by atoms with van der Waals surface area (Å²) < 4.78 is 10.9. The van der Waals surface area contributed by atoms with Gasteiger partial charge in [0.15, 0.2) is 5.96 Å². The number of aliphatic imine (C=N–C) groups is 1. The molecule has 1 amide bonds. The van der Waals surface area contributed by atoms with E-state index < -0.39 is 0 Å². The van der Waals surface area contributed by atoms with Crippen molar-refractivity contribution < 1.29 is 14.3 Å². The number of amides is 1. The van der Waals surface area contributed by atoms with E-state index in [9.17, 15) is 4.79 Å². The van der Waals surface area contributed by atoms with Crippen molar-refractivity contribution in [3.8, 4) is 5.75 Å². The van der Waals surface area contributed by atoms with Gasteiger partial charge in [0.1, 0.15) is 5.75 Å². The molecule has 0 aliphatic carbocycles. The van der Waals surface area contributed by atoms with Gasteiger partial charge in [-0.2, -0.15) is 0 Å². The zero-order valence-corrected chi connectivity index (χ0v) is 18.5. The molecule has 0 spiro atoms. The molecule has 1 aromatic carbocycles. The van der Waals surface area contributed by atoms with Crippen LogP contribution in [0.5, 0.6) is 5.75 Å². The highest BCUT2D eigenvalue weighted by atomic mass is 127. The van der Waals surface area contributed by atoms with Gasteiger partial charge in [-0.1, -0.05) is 12.1 Å². The molecule has 27 heavy (non-hydrogen) atoms. The Balaban J connectivity index is 0.00000364. The first-order valence-corrected chi connectivity index (χ1v) is 9.07. The second-order valence-electron chi connectivity index (χ2n) is 6.50. The molecule has 1 heterocycles. The molecule has 0 bridgehead atoms. The molecule has 8 heteroatoms. The SMILES string of the molecule is CN=C(NCCOCc1cccc(OC)c1)N1CCCC(CC(N)=O)C1.I.